The van der Waals surface area contributed by atoms with Crippen molar-refractivity contribution >= 4 is 38.4 Å². The summed E-state index contributed by atoms with van der Waals surface area (Å²) in [4.78, 5) is 4.45. The average Bonchev–Trinajstić information content (AvgIpc) is 2.50. The van der Waals surface area contributed by atoms with E-state index in [1.807, 2.05) is 36.4 Å². The number of pyridine rings is 1. The largest absolute Gasteiger partial charge is 0.253 e. The molecule has 0 saturated carbocycles. The lowest BCUT2D eigenvalue weighted by atomic mass is 10.1. The first-order valence-electron chi connectivity index (χ1n) is 6.58. The maximum atomic E-state index is 14.0. The van der Waals surface area contributed by atoms with Crippen molar-refractivity contribution in [3.8, 4) is 0 Å². The molecule has 106 valence electrons. The second-order valence-corrected chi connectivity index (χ2v) is 6.32. The molecular weight excluding hydrogens is 353 g/mol. The Labute approximate surface area is 135 Å². The molecule has 0 radical (unpaired) electrons. The first kappa shape index (κ1) is 14.5. The molecule has 1 unspecified atom stereocenters. The molecule has 2 aromatic carbocycles. The van der Waals surface area contributed by atoms with Gasteiger partial charge in [-0.3, -0.25) is 4.98 Å². The molecule has 3 rings (SSSR count). The van der Waals surface area contributed by atoms with Crippen LogP contribution in [0.2, 0.25) is 5.02 Å². The standard InChI is InChI=1S/C17H12BrClFN/c18-14(13-5-3-6-15(19)17(13)20)10-12-9-8-11-4-1-2-7-16(11)21-12/h1-9,14H,10H2. The van der Waals surface area contributed by atoms with Crippen LogP contribution in [0.15, 0.2) is 54.6 Å². The predicted molar refractivity (Wildman–Crippen MR) is 88.5 cm³/mol. The van der Waals surface area contributed by atoms with Gasteiger partial charge in [-0.15, -0.1) is 0 Å². The lowest BCUT2D eigenvalue weighted by Gasteiger charge is -2.12. The molecule has 0 bridgehead atoms. The Hall–Kier alpha value is -1.45. The molecule has 0 aliphatic rings. The average molecular weight is 365 g/mol. The summed E-state index contributed by atoms with van der Waals surface area (Å²) in [5.41, 5.74) is 2.41. The summed E-state index contributed by atoms with van der Waals surface area (Å²) in [6, 6.07) is 17.0. The lowest BCUT2D eigenvalue weighted by molar-refractivity contribution is 0.608. The number of hydrogen-bond donors (Lipinski definition) is 0. The summed E-state index contributed by atoms with van der Waals surface area (Å²) < 4.78 is 14.0. The number of fused-ring (bicyclic) bond motifs is 1. The Bertz CT molecular complexity index is 791. The third-order valence-electron chi connectivity index (χ3n) is 3.36. The van der Waals surface area contributed by atoms with E-state index in [0.29, 0.717) is 12.0 Å². The van der Waals surface area contributed by atoms with Crippen molar-refractivity contribution in [2.45, 2.75) is 11.2 Å². The molecule has 0 spiro atoms. The van der Waals surface area contributed by atoms with E-state index in [4.69, 9.17) is 11.6 Å². The van der Waals surface area contributed by atoms with E-state index in [2.05, 4.69) is 20.9 Å². The van der Waals surface area contributed by atoms with Crippen LogP contribution in [-0.2, 0) is 6.42 Å². The topological polar surface area (TPSA) is 12.9 Å². The van der Waals surface area contributed by atoms with Crippen LogP contribution >= 0.6 is 27.5 Å². The molecule has 1 nitrogen and oxygen atoms in total. The summed E-state index contributed by atoms with van der Waals surface area (Å²) >= 11 is 9.36. The van der Waals surface area contributed by atoms with Crippen molar-refractivity contribution in [1.82, 2.24) is 4.98 Å². The van der Waals surface area contributed by atoms with Crippen LogP contribution in [0.4, 0.5) is 4.39 Å². The summed E-state index contributed by atoms with van der Waals surface area (Å²) in [6.45, 7) is 0. The first-order chi connectivity index (χ1) is 10.1. The van der Waals surface area contributed by atoms with E-state index >= 15 is 0 Å². The smallest absolute Gasteiger partial charge is 0.146 e. The Balaban J connectivity index is 1.89. The van der Waals surface area contributed by atoms with Gasteiger partial charge in [0.1, 0.15) is 5.82 Å². The van der Waals surface area contributed by atoms with E-state index in [1.54, 1.807) is 18.2 Å². The van der Waals surface area contributed by atoms with Gasteiger partial charge in [-0.1, -0.05) is 63.9 Å². The molecule has 0 amide bonds. The zero-order valence-corrected chi connectivity index (χ0v) is 13.4. The molecule has 21 heavy (non-hydrogen) atoms. The van der Waals surface area contributed by atoms with Crippen molar-refractivity contribution < 1.29 is 4.39 Å². The monoisotopic (exact) mass is 363 g/mol. The number of aromatic nitrogens is 1. The van der Waals surface area contributed by atoms with E-state index in [0.717, 1.165) is 16.6 Å². The highest BCUT2D eigenvalue weighted by Gasteiger charge is 2.16. The molecule has 1 heterocycles. The van der Waals surface area contributed by atoms with Gasteiger partial charge in [0.05, 0.1) is 10.5 Å². The number of nitrogens with zero attached hydrogens (tertiary/aromatic N) is 1. The number of rotatable bonds is 3. The van der Waals surface area contributed by atoms with Gasteiger partial charge in [-0.2, -0.15) is 0 Å². The number of benzene rings is 2. The Morgan fingerprint density at radius 1 is 1.05 bits per heavy atom. The van der Waals surface area contributed by atoms with Crippen LogP contribution in [0.25, 0.3) is 10.9 Å². The minimum atomic E-state index is -0.373. The molecule has 0 saturated heterocycles. The van der Waals surface area contributed by atoms with Crippen LogP contribution in [0.1, 0.15) is 16.1 Å². The van der Waals surface area contributed by atoms with Gasteiger partial charge >= 0.3 is 0 Å². The lowest BCUT2D eigenvalue weighted by Crippen LogP contribution is -2.01. The van der Waals surface area contributed by atoms with Crippen LogP contribution in [0.3, 0.4) is 0 Å². The summed E-state index contributed by atoms with van der Waals surface area (Å²) in [5, 5.41) is 1.24. The number of hydrogen-bond acceptors (Lipinski definition) is 1. The second kappa shape index (κ2) is 6.12. The van der Waals surface area contributed by atoms with E-state index in [9.17, 15) is 4.39 Å². The Morgan fingerprint density at radius 2 is 1.86 bits per heavy atom. The fourth-order valence-electron chi connectivity index (χ4n) is 2.28. The van der Waals surface area contributed by atoms with Gasteiger partial charge in [0.25, 0.3) is 0 Å². The molecule has 0 aliphatic heterocycles. The molecular formula is C17H12BrClFN. The molecule has 1 atom stereocenters. The zero-order valence-electron chi connectivity index (χ0n) is 11.1. The van der Waals surface area contributed by atoms with Gasteiger partial charge in [0.2, 0.25) is 0 Å². The molecule has 4 heteroatoms. The molecule has 0 aliphatic carbocycles. The van der Waals surface area contributed by atoms with E-state index in [-0.39, 0.29) is 15.7 Å². The Kier molecular flexibility index (Phi) is 4.22. The maximum absolute atomic E-state index is 14.0. The number of alkyl halides is 1. The van der Waals surface area contributed by atoms with Crippen LogP contribution < -0.4 is 0 Å². The van der Waals surface area contributed by atoms with Crippen molar-refractivity contribution in [3.63, 3.8) is 0 Å². The first-order valence-corrected chi connectivity index (χ1v) is 7.87. The van der Waals surface area contributed by atoms with Crippen LogP contribution in [0, 0.1) is 5.82 Å². The molecule has 0 fully saturated rings. The molecule has 1 aromatic heterocycles. The van der Waals surface area contributed by atoms with E-state index < -0.39 is 0 Å². The van der Waals surface area contributed by atoms with Gasteiger partial charge < -0.3 is 0 Å². The zero-order chi connectivity index (χ0) is 14.8. The van der Waals surface area contributed by atoms with Gasteiger partial charge in [-0.05, 0) is 18.2 Å². The molecule has 3 aromatic rings. The fraction of sp³-hybridized carbons (Fsp3) is 0.118. The summed E-state index contributed by atoms with van der Waals surface area (Å²) in [5.74, 6) is -0.373. The third kappa shape index (κ3) is 3.09. The second-order valence-electron chi connectivity index (χ2n) is 4.81. The van der Waals surface area contributed by atoms with Gasteiger partial charge in [-0.25, -0.2) is 4.39 Å². The van der Waals surface area contributed by atoms with Crippen LogP contribution in [0.5, 0.6) is 0 Å². The molecule has 0 N–H and O–H groups in total. The highest BCUT2D eigenvalue weighted by molar-refractivity contribution is 9.09. The SMILES string of the molecule is Fc1c(Cl)cccc1C(Br)Cc1ccc2ccccc2n1. The predicted octanol–water partition coefficient (Wildman–Crippen LogP) is 5.71. The minimum Gasteiger partial charge on any atom is -0.253 e. The van der Waals surface area contributed by atoms with E-state index in [1.165, 1.54) is 0 Å². The highest BCUT2D eigenvalue weighted by Crippen LogP contribution is 2.31. The Morgan fingerprint density at radius 3 is 2.71 bits per heavy atom. The van der Waals surface area contributed by atoms with Crippen molar-refractivity contribution in [3.05, 3.63) is 76.7 Å². The summed E-state index contributed by atoms with van der Waals surface area (Å²) in [6.07, 6.45) is 0.599. The van der Waals surface area contributed by atoms with Gasteiger partial charge in [0.15, 0.2) is 0 Å². The minimum absolute atomic E-state index is 0.142. The van der Waals surface area contributed by atoms with Gasteiger partial charge in [0, 0.05) is 27.9 Å². The quantitative estimate of drug-likeness (QED) is 0.543. The number of halogens is 3. The number of para-hydroxylation sites is 1. The third-order valence-corrected chi connectivity index (χ3v) is 4.47. The van der Waals surface area contributed by atoms with Crippen molar-refractivity contribution in [1.29, 1.82) is 0 Å². The maximum Gasteiger partial charge on any atom is 0.146 e. The van der Waals surface area contributed by atoms with Crippen molar-refractivity contribution in [2.75, 3.05) is 0 Å². The van der Waals surface area contributed by atoms with Crippen LogP contribution in [-0.4, -0.2) is 4.98 Å². The highest BCUT2D eigenvalue weighted by atomic mass is 79.9. The van der Waals surface area contributed by atoms with Crippen molar-refractivity contribution in [2.24, 2.45) is 0 Å². The summed E-state index contributed by atoms with van der Waals surface area (Å²) in [7, 11) is 0. The fourth-order valence-corrected chi connectivity index (χ4v) is 3.15. The normalized spacial score (nSPS) is 12.5.